The smallest absolute Gasteiger partial charge is 0.316 e. The van der Waals surface area contributed by atoms with Crippen LogP contribution in [0.3, 0.4) is 0 Å². The van der Waals surface area contributed by atoms with E-state index >= 15 is 0 Å². The zero-order valence-electron chi connectivity index (χ0n) is 10.1. The molecular weight excluding hydrogens is 250 g/mol. The number of methoxy groups -OCH3 is 1. The molecule has 1 N–H and O–H groups in total. The Morgan fingerprint density at radius 3 is 3.06 bits per heavy atom. The van der Waals surface area contributed by atoms with Crippen LogP contribution in [0, 0.1) is 6.92 Å². The number of carbonyl (C=O) groups excluding carboxylic acids is 1. The van der Waals surface area contributed by atoms with Crippen LogP contribution in [0.2, 0.25) is 0 Å². The lowest BCUT2D eigenvalue weighted by molar-refractivity contribution is -0.137. The summed E-state index contributed by atoms with van der Waals surface area (Å²) in [6.07, 6.45) is 0. The van der Waals surface area contributed by atoms with Crippen molar-refractivity contribution in [3.63, 3.8) is 0 Å². The summed E-state index contributed by atoms with van der Waals surface area (Å²) in [5.41, 5.74) is 2.14. The topological polar surface area (TPSA) is 67.9 Å². The van der Waals surface area contributed by atoms with Crippen molar-refractivity contribution < 1.29 is 9.53 Å². The van der Waals surface area contributed by atoms with Crippen LogP contribution in [0.15, 0.2) is 29.4 Å². The number of aromatic amines is 1. The largest absolute Gasteiger partial charge is 0.468 e. The third-order valence-corrected chi connectivity index (χ3v) is 3.12. The number of hydrogen-bond donors (Lipinski definition) is 1. The van der Waals surface area contributed by atoms with Gasteiger partial charge in [0.1, 0.15) is 0 Å². The first-order chi connectivity index (χ1) is 8.69. The fraction of sp³-hybridized carbons (Fsp3) is 0.250. The van der Waals surface area contributed by atoms with E-state index < -0.39 is 0 Å². The van der Waals surface area contributed by atoms with Crippen LogP contribution in [-0.2, 0) is 9.53 Å². The number of hydrogen-bond acceptors (Lipinski definition) is 5. The van der Waals surface area contributed by atoms with Gasteiger partial charge in [-0.15, -0.1) is 5.10 Å². The van der Waals surface area contributed by atoms with Crippen LogP contribution in [0.1, 0.15) is 5.56 Å². The molecule has 0 aliphatic rings. The van der Waals surface area contributed by atoms with Gasteiger partial charge < -0.3 is 4.74 Å². The average molecular weight is 263 g/mol. The van der Waals surface area contributed by atoms with Crippen LogP contribution < -0.4 is 0 Å². The predicted molar refractivity (Wildman–Crippen MR) is 69.3 cm³/mol. The Hall–Kier alpha value is -1.82. The Labute approximate surface area is 109 Å². The zero-order valence-corrected chi connectivity index (χ0v) is 11.0. The number of esters is 1. The molecule has 1 aromatic heterocycles. The number of benzene rings is 1. The minimum atomic E-state index is -0.290. The fourth-order valence-corrected chi connectivity index (χ4v) is 2.05. The predicted octanol–water partition coefficient (Wildman–Crippen LogP) is 2.05. The third-order valence-electron chi connectivity index (χ3n) is 2.30. The molecule has 0 fully saturated rings. The van der Waals surface area contributed by atoms with Gasteiger partial charge in [0.2, 0.25) is 5.16 Å². The lowest BCUT2D eigenvalue weighted by Gasteiger charge is -1.97. The first-order valence-corrected chi connectivity index (χ1v) is 6.36. The van der Waals surface area contributed by atoms with E-state index in [1.807, 2.05) is 31.2 Å². The van der Waals surface area contributed by atoms with E-state index in [0.29, 0.717) is 11.0 Å². The number of carbonyl (C=O) groups is 1. The number of rotatable bonds is 4. The first kappa shape index (κ1) is 12.6. The summed E-state index contributed by atoms with van der Waals surface area (Å²) in [6.45, 7) is 2.02. The Bertz CT molecular complexity index is 554. The summed E-state index contributed by atoms with van der Waals surface area (Å²) >= 11 is 1.24. The van der Waals surface area contributed by atoms with Crippen molar-refractivity contribution in [1.29, 1.82) is 0 Å². The number of nitrogens with one attached hydrogen (secondary N) is 1. The number of aryl methyl sites for hydroxylation is 1. The van der Waals surface area contributed by atoms with E-state index in [-0.39, 0.29) is 11.7 Å². The summed E-state index contributed by atoms with van der Waals surface area (Å²) in [4.78, 5) is 15.3. The summed E-state index contributed by atoms with van der Waals surface area (Å²) in [7, 11) is 1.36. The van der Waals surface area contributed by atoms with Gasteiger partial charge in [0.25, 0.3) is 0 Å². The maximum Gasteiger partial charge on any atom is 0.316 e. The van der Waals surface area contributed by atoms with Crippen LogP contribution in [0.5, 0.6) is 0 Å². The molecule has 2 rings (SSSR count). The van der Waals surface area contributed by atoms with Gasteiger partial charge in [-0.3, -0.25) is 9.89 Å². The number of H-pyrrole nitrogens is 1. The SMILES string of the molecule is COC(=O)CSc1n[nH]c(-c2cccc(C)c2)n1. The third kappa shape index (κ3) is 3.10. The summed E-state index contributed by atoms with van der Waals surface area (Å²) in [5.74, 6) is 0.620. The Morgan fingerprint density at radius 1 is 1.50 bits per heavy atom. The molecule has 2 aromatic rings. The number of aromatic nitrogens is 3. The van der Waals surface area contributed by atoms with E-state index in [1.165, 1.54) is 18.9 Å². The molecule has 0 saturated carbocycles. The minimum Gasteiger partial charge on any atom is -0.468 e. The molecule has 94 valence electrons. The van der Waals surface area contributed by atoms with Gasteiger partial charge in [-0.2, -0.15) is 0 Å². The highest BCUT2D eigenvalue weighted by Crippen LogP contribution is 2.19. The van der Waals surface area contributed by atoms with Crippen molar-refractivity contribution in [2.75, 3.05) is 12.9 Å². The van der Waals surface area contributed by atoms with Gasteiger partial charge in [0.15, 0.2) is 5.82 Å². The molecule has 18 heavy (non-hydrogen) atoms. The maximum absolute atomic E-state index is 11.0. The number of nitrogens with zero attached hydrogens (tertiary/aromatic N) is 2. The van der Waals surface area contributed by atoms with Crippen LogP contribution in [-0.4, -0.2) is 34.0 Å². The van der Waals surface area contributed by atoms with Crippen molar-refractivity contribution in [3.8, 4) is 11.4 Å². The lowest BCUT2D eigenvalue weighted by atomic mass is 10.1. The van der Waals surface area contributed by atoms with E-state index in [4.69, 9.17) is 0 Å². The summed E-state index contributed by atoms with van der Waals surface area (Å²) < 4.78 is 4.55. The Kier molecular flexibility index (Phi) is 3.99. The summed E-state index contributed by atoms with van der Waals surface area (Å²) in [6, 6.07) is 7.97. The molecule has 1 aromatic carbocycles. The van der Waals surface area contributed by atoms with Gasteiger partial charge in [0.05, 0.1) is 12.9 Å². The van der Waals surface area contributed by atoms with Gasteiger partial charge in [-0.25, -0.2) is 4.98 Å². The quantitative estimate of drug-likeness (QED) is 0.675. The second-order valence-corrected chi connectivity index (χ2v) is 4.64. The van der Waals surface area contributed by atoms with E-state index in [9.17, 15) is 4.79 Å². The second kappa shape index (κ2) is 5.68. The van der Waals surface area contributed by atoms with Crippen LogP contribution in [0.4, 0.5) is 0 Å². The van der Waals surface area contributed by atoms with Crippen molar-refractivity contribution >= 4 is 17.7 Å². The fourth-order valence-electron chi connectivity index (χ4n) is 1.41. The molecule has 0 spiro atoms. The first-order valence-electron chi connectivity index (χ1n) is 5.38. The molecule has 0 aliphatic heterocycles. The number of ether oxygens (including phenoxy) is 1. The molecule has 0 unspecified atom stereocenters. The molecule has 0 saturated heterocycles. The molecule has 0 atom stereocenters. The van der Waals surface area contributed by atoms with Gasteiger partial charge in [-0.05, 0) is 13.0 Å². The van der Waals surface area contributed by atoms with E-state index in [0.717, 1.165) is 11.1 Å². The molecule has 5 nitrogen and oxygen atoms in total. The monoisotopic (exact) mass is 263 g/mol. The molecule has 1 heterocycles. The molecule has 0 aliphatic carbocycles. The normalized spacial score (nSPS) is 10.3. The van der Waals surface area contributed by atoms with Crippen molar-refractivity contribution in [3.05, 3.63) is 29.8 Å². The highest BCUT2D eigenvalue weighted by atomic mass is 32.2. The van der Waals surface area contributed by atoms with Crippen molar-refractivity contribution in [2.24, 2.45) is 0 Å². The van der Waals surface area contributed by atoms with Gasteiger partial charge in [-0.1, -0.05) is 35.5 Å². The minimum absolute atomic E-state index is 0.210. The molecule has 0 radical (unpaired) electrons. The van der Waals surface area contributed by atoms with E-state index in [2.05, 4.69) is 19.9 Å². The summed E-state index contributed by atoms with van der Waals surface area (Å²) in [5, 5.41) is 7.44. The lowest BCUT2D eigenvalue weighted by Crippen LogP contribution is -2.03. The Balaban J connectivity index is 2.08. The molecular formula is C12H13N3O2S. The standard InChI is InChI=1S/C12H13N3O2S/c1-8-4-3-5-9(6-8)11-13-12(15-14-11)18-7-10(16)17-2/h3-6H,7H2,1-2H3,(H,13,14,15). The van der Waals surface area contributed by atoms with Crippen LogP contribution >= 0.6 is 11.8 Å². The maximum atomic E-state index is 11.0. The second-order valence-electron chi connectivity index (χ2n) is 3.70. The van der Waals surface area contributed by atoms with Gasteiger partial charge >= 0.3 is 5.97 Å². The molecule has 0 bridgehead atoms. The van der Waals surface area contributed by atoms with Crippen molar-refractivity contribution in [2.45, 2.75) is 12.1 Å². The van der Waals surface area contributed by atoms with Gasteiger partial charge in [0, 0.05) is 5.56 Å². The zero-order chi connectivity index (χ0) is 13.0. The molecule has 0 amide bonds. The molecule has 6 heteroatoms. The van der Waals surface area contributed by atoms with E-state index in [1.54, 1.807) is 0 Å². The van der Waals surface area contributed by atoms with Crippen molar-refractivity contribution in [1.82, 2.24) is 15.2 Å². The highest BCUT2D eigenvalue weighted by Gasteiger charge is 2.08. The highest BCUT2D eigenvalue weighted by molar-refractivity contribution is 7.99. The number of thioether (sulfide) groups is 1. The van der Waals surface area contributed by atoms with Crippen LogP contribution in [0.25, 0.3) is 11.4 Å². The average Bonchev–Trinajstić information content (AvgIpc) is 2.84. The Morgan fingerprint density at radius 2 is 2.33 bits per heavy atom.